The van der Waals surface area contributed by atoms with Crippen LogP contribution in [0.1, 0.15) is 124 Å². The first kappa shape index (κ1) is 90.5. The molecule has 8 aliphatic rings. The van der Waals surface area contributed by atoms with Crippen molar-refractivity contribution in [3.05, 3.63) is 166 Å². The SMILES string of the molecule is COc1c(-c2cc(C(=O)N[C@@H](Cc3ccccc3)CN(C)C)cc(N(C)C)c2)ccc(F)c1CN1O[C@@H](CO)[C@@H]([C@H](C)O)[C@H]1C(=O)N[C@H]1C[C@H]2C[C@@H]([C@@H]1C)C2(C)C.COc1c(-c2cc(C(=O)N[C@@H](Cc3ccccc3)CN(C)C)cc(N(CCO)CCO)c2)ccc(F)c1CN1O[C@@H](CO)[C@H]([C@H](C)O)[C@H]1C(=O)N[C@H]1C[C@H]2C[C@@H]([C@@H]1C)C2(C)C. The van der Waals surface area contributed by atoms with Crippen molar-refractivity contribution < 1.29 is 77.7 Å². The highest BCUT2D eigenvalue weighted by molar-refractivity contribution is 5.98. The molecular weight excluding hydrogens is 1510 g/mol. The molecule has 2 heterocycles. The molecule has 4 bridgehead atoms. The minimum absolute atomic E-state index is 0.0413. The second kappa shape index (κ2) is 39.1. The smallest absolute Gasteiger partial charge is 0.251 e. The van der Waals surface area contributed by atoms with Gasteiger partial charge in [0.25, 0.3) is 11.8 Å². The summed E-state index contributed by atoms with van der Waals surface area (Å²) in [4.78, 5) is 77.0. The standard InChI is InChI=1S/C47H66FN5O8.C45H62FN5O6/c1-28-38-23-33(47(38,3)4)24-40(28)50-46(59)43-42(29(2)57)41(27-56)61-53(43)26-37-39(48)14-13-36(44(37)60-7)31-20-32(22-35(21-31)52(15-17-54)16-18-55)45(58)49-34(25-51(5)6)19-30-11-9-8-10-12-30;1-26-36-21-31(45(36,3)4)22-38(26)48-44(55)41-40(27(2)53)39(25-52)57-51(41)24-35-37(46)16-15-34(42(35)56-9)29-18-30(20-33(19-29)50(7)8)43(54)47-32(23-49(5)6)17-28-13-11-10-12-14-28/h8-14,20-22,28-29,33-34,38,40-43,54-57H,15-19,23-27H2,1-7H3,(H,49,58)(H,50,59);10-16,18-20,26-27,31-32,36,38-41,52-53H,17,21-25H2,1-9H3,(H,47,54)(H,48,55)/t28-,29-,33+,34-,38-,40-,41-,42-,43-;26-,27-,31+,32-,36-,38-,39-,40+,41-/m00/s1. The number of halogens is 2. The lowest BCUT2D eigenvalue weighted by atomic mass is 9.45. The van der Waals surface area contributed by atoms with Gasteiger partial charge in [-0.05, 0) is 210 Å². The molecule has 18 atom stereocenters. The lowest BCUT2D eigenvalue weighted by molar-refractivity contribution is -0.184. The second-order valence-electron chi connectivity index (χ2n) is 35.8. The maximum Gasteiger partial charge on any atom is 0.251 e. The molecule has 6 aromatic carbocycles. The normalized spacial score (nSPS) is 25.9. The highest BCUT2D eigenvalue weighted by Gasteiger charge is 2.60. The van der Waals surface area contributed by atoms with Crippen molar-refractivity contribution in [1.29, 1.82) is 0 Å². The Morgan fingerprint density at radius 1 is 0.542 bits per heavy atom. The van der Waals surface area contributed by atoms with Gasteiger partial charge in [0.1, 0.15) is 47.4 Å². The van der Waals surface area contributed by atoms with Crippen molar-refractivity contribution in [2.24, 2.45) is 58.2 Å². The quantitative estimate of drug-likeness (QED) is 0.0180. The summed E-state index contributed by atoms with van der Waals surface area (Å²) in [5, 5.41) is 78.4. The average molecular weight is 1640 g/mol. The van der Waals surface area contributed by atoms with Crippen LogP contribution in [-0.4, -0.2) is 244 Å². The summed E-state index contributed by atoms with van der Waals surface area (Å²) in [7, 11) is 14.5. The number of benzene rings is 6. The zero-order valence-electron chi connectivity index (χ0n) is 71.6. The summed E-state index contributed by atoms with van der Waals surface area (Å²) in [6.45, 7) is 16.5. The number of anilines is 2. The number of carbonyl (C=O) groups excluding carboxylic acids is 4. The Labute approximate surface area is 695 Å². The Morgan fingerprint density at radius 3 is 1.25 bits per heavy atom. The molecule has 0 aromatic heterocycles. The number of hydrogen-bond acceptors (Lipinski definition) is 20. The maximum absolute atomic E-state index is 16.2. The van der Waals surface area contributed by atoms with E-state index in [0.29, 0.717) is 88.7 Å². The van der Waals surface area contributed by atoms with Gasteiger partial charge in [-0.1, -0.05) is 102 Å². The van der Waals surface area contributed by atoms with Crippen molar-refractivity contribution in [3.8, 4) is 33.8 Å². The Hall–Kier alpha value is -8.22. The number of likely N-dealkylation sites (N-methyl/N-ethyl adjacent to an activating group) is 2. The number of carbonyl (C=O) groups is 4. The number of nitrogens with one attached hydrogen (secondary N) is 4. The van der Waals surface area contributed by atoms with Crippen LogP contribution >= 0.6 is 0 Å². The number of hydrogen-bond donors (Lipinski definition) is 10. The monoisotopic (exact) mass is 1630 g/mol. The number of methoxy groups -OCH3 is 2. The molecule has 6 aliphatic carbocycles. The predicted octanol–water partition coefficient (Wildman–Crippen LogP) is 8.99. The molecule has 2 saturated heterocycles. The number of rotatable bonds is 34. The molecule has 118 heavy (non-hydrogen) atoms. The van der Waals surface area contributed by atoms with E-state index in [1.165, 1.54) is 36.5 Å². The molecule has 2 aliphatic heterocycles. The largest absolute Gasteiger partial charge is 0.496 e. The van der Waals surface area contributed by atoms with Crippen LogP contribution in [0.15, 0.2) is 121 Å². The van der Waals surface area contributed by atoms with Crippen LogP contribution in [0.5, 0.6) is 11.5 Å². The van der Waals surface area contributed by atoms with Gasteiger partial charge < -0.3 is 81.0 Å². The first-order chi connectivity index (χ1) is 56.1. The molecule has 0 unspecified atom stereocenters. The fourth-order valence-corrected chi connectivity index (χ4v) is 20.1. The number of amides is 4. The van der Waals surface area contributed by atoms with Gasteiger partial charge in [0.15, 0.2) is 0 Å². The van der Waals surface area contributed by atoms with E-state index in [1.54, 1.807) is 55.1 Å². The first-order valence-corrected chi connectivity index (χ1v) is 41.8. The lowest BCUT2D eigenvalue weighted by Crippen LogP contribution is -2.62. The predicted molar refractivity (Wildman–Crippen MR) is 452 cm³/mol. The zero-order chi connectivity index (χ0) is 85.5. The third-order valence-electron chi connectivity index (χ3n) is 26.7. The van der Waals surface area contributed by atoms with Gasteiger partial charge in [-0.25, -0.2) is 8.78 Å². The third kappa shape index (κ3) is 20.0. The van der Waals surface area contributed by atoms with Crippen molar-refractivity contribution >= 4 is 35.0 Å². The first-order valence-electron chi connectivity index (χ1n) is 41.8. The number of aliphatic hydroxyl groups excluding tert-OH is 6. The lowest BCUT2D eigenvalue weighted by Gasteiger charge is -2.62. The molecular formula is C92H128F2N10O14. The van der Waals surface area contributed by atoms with E-state index in [-0.39, 0.29) is 132 Å². The molecule has 26 heteroatoms. The van der Waals surface area contributed by atoms with E-state index >= 15 is 8.78 Å². The summed E-state index contributed by atoms with van der Waals surface area (Å²) in [5.74, 6) is -1.18. The molecule has 10 N–H and O–H groups in total. The molecule has 0 spiro atoms. The molecule has 8 fully saturated rings. The number of ether oxygens (including phenoxy) is 2. The van der Waals surface area contributed by atoms with Crippen LogP contribution < -0.4 is 40.5 Å². The van der Waals surface area contributed by atoms with Gasteiger partial charge >= 0.3 is 0 Å². The summed E-state index contributed by atoms with van der Waals surface area (Å²) in [5.41, 5.74) is 7.04. The van der Waals surface area contributed by atoms with Crippen LogP contribution in [0.2, 0.25) is 0 Å². The van der Waals surface area contributed by atoms with Crippen molar-refractivity contribution in [1.82, 2.24) is 41.2 Å². The number of nitrogens with zero attached hydrogens (tertiary/aromatic N) is 6. The molecule has 6 aromatic rings. The topological polar surface area (TPSA) is 294 Å². The molecule has 6 saturated carbocycles. The molecule has 24 nitrogen and oxygen atoms in total. The van der Waals surface area contributed by atoms with Crippen LogP contribution in [0.4, 0.5) is 20.2 Å². The fraction of sp³-hybridized carbons (Fsp3) is 0.565. The Balaban J connectivity index is 0.000000232. The van der Waals surface area contributed by atoms with Crippen LogP contribution in [0.3, 0.4) is 0 Å². The van der Waals surface area contributed by atoms with Crippen LogP contribution in [0.25, 0.3) is 22.3 Å². The van der Waals surface area contributed by atoms with Crippen molar-refractivity contribution in [3.63, 3.8) is 0 Å². The van der Waals surface area contributed by atoms with Gasteiger partial charge in [0.2, 0.25) is 11.8 Å². The Bertz CT molecular complexity index is 4400. The van der Waals surface area contributed by atoms with Gasteiger partial charge in [-0.3, -0.25) is 28.9 Å². The van der Waals surface area contributed by atoms with Crippen LogP contribution in [0, 0.1) is 69.8 Å². The number of aliphatic hydroxyl groups is 6. The van der Waals surface area contributed by atoms with Crippen molar-refractivity contribution in [2.45, 2.75) is 168 Å². The zero-order valence-corrected chi connectivity index (χ0v) is 71.6. The molecule has 14 rings (SSSR count). The van der Waals surface area contributed by atoms with Gasteiger partial charge in [-0.2, -0.15) is 10.1 Å². The summed E-state index contributed by atoms with van der Waals surface area (Å²) >= 11 is 0. The molecule has 644 valence electrons. The molecule has 4 amide bonds. The molecule has 0 radical (unpaired) electrons. The fourth-order valence-electron chi connectivity index (χ4n) is 20.1. The van der Waals surface area contributed by atoms with Gasteiger partial charge in [-0.15, -0.1) is 0 Å². The van der Waals surface area contributed by atoms with Crippen LogP contribution in [-0.2, 0) is 45.2 Å². The second-order valence-corrected chi connectivity index (χ2v) is 35.8. The number of fused-ring (bicyclic) bond motifs is 4. The average Bonchev–Trinajstić information content (AvgIpc) is 0.815. The Morgan fingerprint density at radius 2 is 0.924 bits per heavy atom. The van der Waals surface area contributed by atoms with E-state index < -0.39 is 73.2 Å². The van der Waals surface area contributed by atoms with E-state index in [4.69, 9.17) is 19.1 Å². The highest BCUT2D eigenvalue weighted by atomic mass is 19.1. The summed E-state index contributed by atoms with van der Waals surface area (Å²) in [6, 6.07) is 33.9. The maximum atomic E-state index is 16.2. The van der Waals surface area contributed by atoms with E-state index in [1.807, 2.05) is 130 Å². The van der Waals surface area contributed by atoms with Gasteiger partial charge in [0, 0.05) is 121 Å². The minimum atomic E-state index is -1.06. The summed E-state index contributed by atoms with van der Waals surface area (Å²) in [6.07, 6.45) is 1.41. The van der Waals surface area contributed by atoms with Gasteiger partial charge in [0.05, 0.1) is 65.9 Å². The highest BCUT2D eigenvalue weighted by Crippen LogP contribution is 2.62. The van der Waals surface area contributed by atoms with E-state index in [9.17, 15) is 49.8 Å². The van der Waals surface area contributed by atoms with Crippen molar-refractivity contribution in [2.75, 3.05) is 119 Å². The third-order valence-corrected chi connectivity index (χ3v) is 26.7. The van der Waals surface area contributed by atoms with E-state index in [0.717, 1.165) is 42.5 Å². The van der Waals surface area contributed by atoms with E-state index in [2.05, 4.69) is 62.8 Å². The minimum Gasteiger partial charge on any atom is -0.496 e. The Kier molecular flexibility index (Phi) is 30.0. The summed E-state index contributed by atoms with van der Waals surface area (Å²) < 4.78 is 44.3. The number of hydroxylamine groups is 4.